The Balaban J connectivity index is 1.74. The molecule has 0 atom stereocenters. The van der Waals surface area contributed by atoms with Gasteiger partial charge in [-0.1, -0.05) is 78.9 Å². The van der Waals surface area contributed by atoms with E-state index in [0.717, 1.165) is 32.7 Å². The molecule has 30 heavy (non-hydrogen) atoms. The van der Waals surface area contributed by atoms with E-state index in [4.69, 9.17) is 11.5 Å². The molecule has 0 bridgehead atoms. The molecule has 0 fully saturated rings. The van der Waals surface area contributed by atoms with Crippen molar-refractivity contribution in [1.29, 1.82) is 0 Å². The van der Waals surface area contributed by atoms with E-state index < -0.39 is 0 Å². The molecule has 0 amide bonds. The van der Waals surface area contributed by atoms with E-state index in [1.165, 1.54) is 0 Å². The summed E-state index contributed by atoms with van der Waals surface area (Å²) in [5.41, 5.74) is 17.4. The summed E-state index contributed by atoms with van der Waals surface area (Å²) in [6.07, 6.45) is 0. The summed E-state index contributed by atoms with van der Waals surface area (Å²) in [4.78, 5) is 12.9. The molecule has 0 unspecified atom stereocenters. The first kappa shape index (κ1) is 18.0. The second-order valence-electron chi connectivity index (χ2n) is 7.41. The van der Waals surface area contributed by atoms with Gasteiger partial charge in [-0.25, -0.2) is 0 Å². The summed E-state index contributed by atoms with van der Waals surface area (Å²) in [5, 5.41) is 4.09. The Labute approximate surface area is 174 Å². The molecule has 0 radical (unpaired) electrons. The fourth-order valence-corrected chi connectivity index (χ4v) is 4.09. The van der Waals surface area contributed by atoms with Crippen LogP contribution in [-0.2, 0) is 0 Å². The molecule has 0 aliphatic heterocycles. The van der Waals surface area contributed by atoms with Crippen LogP contribution in [0.15, 0.2) is 97.1 Å². The second-order valence-corrected chi connectivity index (χ2v) is 7.41. The van der Waals surface area contributed by atoms with Gasteiger partial charge >= 0.3 is 0 Å². The van der Waals surface area contributed by atoms with Crippen LogP contribution in [0.25, 0.3) is 32.7 Å². The Kier molecular flexibility index (Phi) is 4.22. The molecule has 0 aliphatic rings. The zero-order valence-electron chi connectivity index (χ0n) is 16.3. The first-order chi connectivity index (χ1) is 14.6. The zero-order valence-corrected chi connectivity index (χ0v) is 16.3. The molecule has 0 heterocycles. The lowest BCUT2D eigenvalue weighted by Gasteiger charge is -2.16. The molecule has 3 heteroatoms. The number of hydrogen-bond acceptors (Lipinski definition) is 3. The van der Waals surface area contributed by atoms with Gasteiger partial charge in [0.05, 0.1) is 0 Å². The number of carbonyl (C=O) groups is 1. The van der Waals surface area contributed by atoms with Gasteiger partial charge in [-0.3, -0.25) is 4.79 Å². The Hall–Kier alpha value is -4.11. The number of hydrogen-bond donors (Lipinski definition) is 2. The summed E-state index contributed by atoms with van der Waals surface area (Å²) in [6.45, 7) is 0. The van der Waals surface area contributed by atoms with Crippen LogP contribution in [0.2, 0.25) is 0 Å². The van der Waals surface area contributed by atoms with Gasteiger partial charge in [-0.15, -0.1) is 0 Å². The monoisotopic (exact) mass is 388 g/mol. The Morgan fingerprint density at radius 3 is 1.87 bits per heavy atom. The first-order valence-corrected chi connectivity index (χ1v) is 9.83. The summed E-state index contributed by atoms with van der Waals surface area (Å²) in [5.74, 6) is 0.000509. The molecule has 0 saturated heterocycles. The van der Waals surface area contributed by atoms with Crippen molar-refractivity contribution in [3.8, 4) is 11.1 Å². The fourth-order valence-electron chi connectivity index (χ4n) is 4.09. The van der Waals surface area contributed by atoms with Crippen molar-refractivity contribution in [2.75, 3.05) is 11.5 Å². The number of anilines is 2. The lowest BCUT2D eigenvalue weighted by Crippen LogP contribution is -2.01. The number of rotatable bonds is 3. The van der Waals surface area contributed by atoms with Crippen LogP contribution in [0.5, 0.6) is 0 Å². The average molecular weight is 388 g/mol. The zero-order chi connectivity index (χ0) is 20.7. The second kappa shape index (κ2) is 7.05. The summed E-state index contributed by atoms with van der Waals surface area (Å²) in [7, 11) is 0. The minimum absolute atomic E-state index is 0.000509. The largest absolute Gasteiger partial charge is 0.398 e. The molecule has 3 nitrogen and oxygen atoms in total. The highest BCUT2D eigenvalue weighted by atomic mass is 16.1. The Morgan fingerprint density at radius 2 is 1.13 bits per heavy atom. The highest BCUT2D eigenvalue weighted by Gasteiger charge is 2.16. The third-order valence-electron chi connectivity index (χ3n) is 5.56. The lowest BCUT2D eigenvalue weighted by atomic mass is 9.90. The van der Waals surface area contributed by atoms with Gasteiger partial charge in [-0.05, 0) is 39.7 Å². The van der Waals surface area contributed by atoms with E-state index in [0.29, 0.717) is 22.5 Å². The van der Waals surface area contributed by atoms with E-state index in [9.17, 15) is 4.79 Å². The maximum absolute atomic E-state index is 12.9. The minimum atomic E-state index is 0.000509. The van der Waals surface area contributed by atoms with Crippen molar-refractivity contribution in [3.63, 3.8) is 0 Å². The molecule has 5 aromatic carbocycles. The van der Waals surface area contributed by atoms with Gasteiger partial charge in [0.2, 0.25) is 0 Å². The molecule has 0 spiro atoms. The summed E-state index contributed by atoms with van der Waals surface area (Å²) < 4.78 is 0. The molecule has 0 saturated carbocycles. The number of nitrogens with two attached hydrogens (primary N) is 2. The van der Waals surface area contributed by atoms with Crippen LogP contribution in [0.3, 0.4) is 0 Å². The number of fused-ring (bicyclic) bond motifs is 2. The molecule has 4 N–H and O–H groups in total. The predicted octanol–water partition coefficient (Wildman–Crippen LogP) is 6.06. The van der Waals surface area contributed by atoms with Crippen molar-refractivity contribution in [2.45, 2.75) is 0 Å². The van der Waals surface area contributed by atoms with E-state index in [1.807, 2.05) is 84.9 Å². The van der Waals surface area contributed by atoms with Crippen molar-refractivity contribution < 1.29 is 4.79 Å². The SMILES string of the molecule is Nc1ccc2ccccc2c1-c1c(N)ccc2cc(C(=O)c3ccccc3)ccc12. The van der Waals surface area contributed by atoms with Crippen LogP contribution in [0.4, 0.5) is 11.4 Å². The standard InChI is InChI=1S/C27H20N2O/c28-23-14-11-17-6-4-5-9-21(17)25(23)26-22-13-10-20(16-19(22)12-15-24(26)29)27(30)18-7-2-1-3-8-18/h1-16H,28-29H2. The highest BCUT2D eigenvalue weighted by Crippen LogP contribution is 2.41. The average Bonchev–Trinajstić information content (AvgIpc) is 2.79. The minimum Gasteiger partial charge on any atom is -0.398 e. The van der Waals surface area contributed by atoms with Gasteiger partial charge < -0.3 is 11.5 Å². The van der Waals surface area contributed by atoms with Gasteiger partial charge in [-0.2, -0.15) is 0 Å². The van der Waals surface area contributed by atoms with E-state index in [-0.39, 0.29) is 5.78 Å². The van der Waals surface area contributed by atoms with Gasteiger partial charge in [0.1, 0.15) is 0 Å². The molecule has 0 aromatic heterocycles. The van der Waals surface area contributed by atoms with Crippen LogP contribution in [0, 0.1) is 0 Å². The molecular weight excluding hydrogens is 368 g/mol. The number of benzene rings is 5. The third kappa shape index (κ3) is 2.88. The quantitative estimate of drug-likeness (QED) is 0.292. The van der Waals surface area contributed by atoms with Crippen molar-refractivity contribution >= 4 is 38.7 Å². The Morgan fingerprint density at radius 1 is 0.533 bits per heavy atom. The molecular formula is C27H20N2O. The number of ketones is 1. The summed E-state index contributed by atoms with van der Waals surface area (Å²) in [6, 6.07) is 31.0. The van der Waals surface area contributed by atoms with E-state index in [2.05, 4.69) is 12.1 Å². The Bertz CT molecular complexity index is 1420. The first-order valence-electron chi connectivity index (χ1n) is 9.83. The highest BCUT2D eigenvalue weighted by molar-refractivity contribution is 6.15. The maximum atomic E-state index is 12.9. The van der Waals surface area contributed by atoms with Gasteiger partial charge in [0.15, 0.2) is 5.78 Å². The molecule has 0 aliphatic carbocycles. The third-order valence-corrected chi connectivity index (χ3v) is 5.56. The van der Waals surface area contributed by atoms with Crippen LogP contribution < -0.4 is 11.5 Å². The topological polar surface area (TPSA) is 69.1 Å². The number of nitrogen functional groups attached to an aromatic ring is 2. The maximum Gasteiger partial charge on any atom is 0.193 e. The molecule has 5 rings (SSSR count). The van der Waals surface area contributed by atoms with Crippen LogP contribution in [-0.4, -0.2) is 5.78 Å². The predicted molar refractivity (Wildman–Crippen MR) is 126 cm³/mol. The van der Waals surface area contributed by atoms with E-state index in [1.54, 1.807) is 0 Å². The van der Waals surface area contributed by atoms with Gasteiger partial charge in [0.25, 0.3) is 0 Å². The number of carbonyl (C=O) groups excluding carboxylic acids is 1. The van der Waals surface area contributed by atoms with Crippen molar-refractivity contribution in [2.24, 2.45) is 0 Å². The van der Waals surface area contributed by atoms with Crippen LogP contribution >= 0.6 is 0 Å². The smallest absolute Gasteiger partial charge is 0.193 e. The summed E-state index contributed by atoms with van der Waals surface area (Å²) >= 11 is 0. The van der Waals surface area contributed by atoms with Crippen LogP contribution in [0.1, 0.15) is 15.9 Å². The molecule has 144 valence electrons. The molecule has 5 aromatic rings. The van der Waals surface area contributed by atoms with Crippen molar-refractivity contribution in [1.82, 2.24) is 0 Å². The lowest BCUT2D eigenvalue weighted by molar-refractivity contribution is 0.103. The van der Waals surface area contributed by atoms with Gasteiger partial charge in [0, 0.05) is 33.6 Å². The fraction of sp³-hybridized carbons (Fsp3) is 0. The van der Waals surface area contributed by atoms with E-state index >= 15 is 0 Å². The van der Waals surface area contributed by atoms with Crippen molar-refractivity contribution in [3.05, 3.63) is 108 Å². The normalized spacial score (nSPS) is 11.1.